The van der Waals surface area contributed by atoms with Crippen molar-refractivity contribution in [3.63, 3.8) is 0 Å². The van der Waals surface area contributed by atoms with Gasteiger partial charge in [0, 0.05) is 17.3 Å². The number of carbonyl (C=O) groups excluding carboxylic acids is 3. The number of amides is 3. The Morgan fingerprint density at radius 1 is 1.00 bits per heavy atom. The first-order valence-corrected chi connectivity index (χ1v) is 11.1. The number of para-hydroxylation sites is 2. The molecule has 148 valence electrons. The van der Waals surface area contributed by atoms with Gasteiger partial charge in [0.2, 0.25) is 17.7 Å². The minimum absolute atomic E-state index is 0.223. The maximum Gasteiger partial charge on any atom is 0.250 e. The summed E-state index contributed by atoms with van der Waals surface area (Å²) in [5.41, 5.74) is 0.804. The number of rotatable bonds is 4. The summed E-state index contributed by atoms with van der Waals surface area (Å²) in [7, 11) is 0. The number of nitrogens with zero attached hydrogens (tertiary/aromatic N) is 1. The molecule has 5 rings (SSSR count). The number of hydrogen-bond acceptors (Lipinski definition) is 5. The van der Waals surface area contributed by atoms with E-state index < -0.39 is 17.4 Å². The minimum atomic E-state index is -1.21. The van der Waals surface area contributed by atoms with E-state index in [-0.39, 0.29) is 23.8 Å². The van der Waals surface area contributed by atoms with Crippen molar-refractivity contribution in [2.75, 3.05) is 22.2 Å². The number of nitrogens with one attached hydrogen (secondary N) is 2. The molecule has 2 N–H and O–H groups in total. The monoisotopic (exact) mass is 407 g/mol. The molecule has 1 spiro atoms. The lowest BCUT2D eigenvalue weighted by molar-refractivity contribution is -0.130. The van der Waals surface area contributed by atoms with E-state index >= 15 is 0 Å². The molecule has 3 heterocycles. The van der Waals surface area contributed by atoms with Gasteiger partial charge in [0.25, 0.3) is 0 Å². The normalized spacial score (nSPS) is 30.0. The molecule has 6 nitrogen and oxygen atoms in total. The van der Waals surface area contributed by atoms with Crippen LogP contribution in [0.5, 0.6) is 0 Å². The van der Waals surface area contributed by atoms with Crippen molar-refractivity contribution in [3.8, 4) is 0 Å². The highest BCUT2D eigenvalue weighted by molar-refractivity contribution is 7.98. The number of hydrogen-bond donors (Lipinski definition) is 2. The fourth-order valence-electron chi connectivity index (χ4n) is 5.08. The predicted octanol–water partition coefficient (Wildman–Crippen LogP) is 2.36. The zero-order valence-corrected chi connectivity index (χ0v) is 16.7. The summed E-state index contributed by atoms with van der Waals surface area (Å²) in [5, 5.41) is 6.37. The lowest BCUT2D eigenvalue weighted by Crippen LogP contribution is -2.53. The molecule has 29 heavy (non-hydrogen) atoms. The largest absolute Gasteiger partial charge is 0.324 e. The maximum atomic E-state index is 13.6. The maximum absolute atomic E-state index is 13.6. The van der Waals surface area contributed by atoms with Gasteiger partial charge in [0.15, 0.2) is 0 Å². The number of thioether (sulfide) groups is 1. The summed E-state index contributed by atoms with van der Waals surface area (Å²) in [6.45, 7) is 0. The highest BCUT2D eigenvalue weighted by atomic mass is 32.2. The van der Waals surface area contributed by atoms with Gasteiger partial charge >= 0.3 is 0 Å². The van der Waals surface area contributed by atoms with Gasteiger partial charge in [-0.05, 0) is 36.6 Å². The van der Waals surface area contributed by atoms with Gasteiger partial charge in [-0.25, -0.2) is 4.90 Å². The van der Waals surface area contributed by atoms with E-state index in [1.54, 1.807) is 36.0 Å². The second kappa shape index (κ2) is 6.71. The van der Waals surface area contributed by atoms with E-state index in [0.29, 0.717) is 17.8 Å². The molecular weight excluding hydrogens is 386 g/mol. The summed E-state index contributed by atoms with van der Waals surface area (Å²) < 4.78 is 0. The van der Waals surface area contributed by atoms with Crippen LogP contribution in [-0.2, 0) is 19.9 Å². The highest BCUT2D eigenvalue weighted by Crippen LogP contribution is 2.53. The van der Waals surface area contributed by atoms with Gasteiger partial charge in [0.05, 0.1) is 17.5 Å². The standard InChI is InChI=1S/C22H21N3O3S/c1-29-12-11-16-17-18(20(27)25(19(17)26)13-7-3-2-4-8-13)22(24-16)14-9-5-6-10-15(14)23-21(22)28/h2-10,16-18,24H,11-12H2,1H3,(H,23,28)/t16-,17+,18-,22-/m0/s1. The third-order valence-corrected chi connectivity index (χ3v) is 6.91. The molecule has 0 unspecified atom stereocenters. The van der Waals surface area contributed by atoms with Crippen LogP contribution in [-0.4, -0.2) is 35.8 Å². The summed E-state index contributed by atoms with van der Waals surface area (Å²) >= 11 is 1.69. The SMILES string of the molecule is CSCC[C@@H]1N[C@]2(C(=O)Nc3ccccc32)[C@@H]2C(=O)N(c3ccccc3)C(=O)[C@H]12. The van der Waals surface area contributed by atoms with Gasteiger partial charge in [-0.15, -0.1) is 0 Å². The van der Waals surface area contributed by atoms with Gasteiger partial charge in [-0.2, -0.15) is 11.8 Å². The second-order valence-electron chi connectivity index (χ2n) is 7.69. The van der Waals surface area contributed by atoms with E-state index in [1.165, 1.54) is 4.90 Å². The van der Waals surface area contributed by atoms with Crippen LogP contribution in [0.15, 0.2) is 54.6 Å². The molecule has 2 aromatic carbocycles. The molecule has 3 amide bonds. The van der Waals surface area contributed by atoms with E-state index in [4.69, 9.17) is 0 Å². The third-order valence-electron chi connectivity index (χ3n) is 6.27. The number of imide groups is 1. The molecule has 3 aliphatic rings. The number of benzene rings is 2. The van der Waals surface area contributed by atoms with Gasteiger partial charge < -0.3 is 5.32 Å². The predicted molar refractivity (Wildman–Crippen MR) is 113 cm³/mol. The first kappa shape index (κ1) is 18.4. The van der Waals surface area contributed by atoms with E-state index in [2.05, 4.69) is 10.6 Å². The molecule has 7 heteroatoms. The molecule has 2 fully saturated rings. The number of anilines is 2. The fourth-order valence-corrected chi connectivity index (χ4v) is 5.57. The molecule has 0 aromatic heterocycles. The minimum Gasteiger partial charge on any atom is -0.324 e. The van der Waals surface area contributed by atoms with Crippen molar-refractivity contribution in [1.29, 1.82) is 0 Å². The van der Waals surface area contributed by atoms with Crippen LogP contribution in [0, 0.1) is 11.8 Å². The quantitative estimate of drug-likeness (QED) is 0.761. The van der Waals surface area contributed by atoms with Gasteiger partial charge in [-0.3, -0.25) is 19.7 Å². The summed E-state index contributed by atoms with van der Waals surface area (Å²) in [5.74, 6) is -1.27. The van der Waals surface area contributed by atoms with Gasteiger partial charge in [0.1, 0.15) is 5.54 Å². The highest BCUT2D eigenvalue weighted by Gasteiger charge is 2.70. The van der Waals surface area contributed by atoms with Crippen molar-refractivity contribution in [2.45, 2.75) is 18.0 Å². The zero-order valence-electron chi connectivity index (χ0n) is 15.9. The van der Waals surface area contributed by atoms with Crippen LogP contribution in [0.1, 0.15) is 12.0 Å². The molecule has 0 saturated carbocycles. The lowest BCUT2D eigenvalue weighted by atomic mass is 9.76. The van der Waals surface area contributed by atoms with Crippen LogP contribution in [0.2, 0.25) is 0 Å². The first-order valence-electron chi connectivity index (χ1n) is 9.70. The van der Waals surface area contributed by atoms with Crippen LogP contribution in [0.3, 0.4) is 0 Å². The van der Waals surface area contributed by atoms with Crippen LogP contribution in [0.25, 0.3) is 0 Å². The smallest absolute Gasteiger partial charge is 0.250 e. The van der Waals surface area contributed by atoms with Crippen molar-refractivity contribution >= 4 is 40.9 Å². The molecule has 2 aromatic rings. The van der Waals surface area contributed by atoms with Gasteiger partial charge in [-0.1, -0.05) is 36.4 Å². The van der Waals surface area contributed by atoms with Crippen LogP contribution in [0.4, 0.5) is 11.4 Å². The molecule has 0 aliphatic carbocycles. The summed E-state index contributed by atoms with van der Waals surface area (Å²) in [6, 6.07) is 16.2. The van der Waals surface area contributed by atoms with Crippen molar-refractivity contribution in [3.05, 3.63) is 60.2 Å². The fraction of sp³-hybridized carbons (Fsp3) is 0.318. The Morgan fingerprint density at radius 2 is 1.72 bits per heavy atom. The molecule has 4 atom stereocenters. The number of fused-ring (bicyclic) bond motifs is 4. The summed E-state index contributed by atoms with van der Waals surface area (Å²) in [6.07, 6.45) is 2.72. The van der Waals surface area contributed by atoms with Crippen molar-refractivity contribution in [1.82, 2.24) is 5.32 Å². The van der Waals surface area contributed by atoms with E-state index in [9.17, 15) is 14.4 Å². The van der Waals surface area contributed by atoms with Crippen LogP contribution >= 0.6 is 11.8 Å². The Morgan fingerprint density at radius 3 is 2.48 bits per heavy atom. The first-order chi connectivity index (χ1) is 14.1. The van der Waals surface area contributed by atoms with E-state index in [0.717, 1.165) is 11.3 Å². The average Bonchev–Trinajstić information content (AvgIpc) is 3.32. The summed E-state index contributed by atoms with van der Waals surface area (Å²) in [4.78, 5) is 41.6. The Bertz CT molecular complexity index is 1010. The topological polar surface area (TPSA) is 78.5 Å². The lowest BCUT2D eigenvalue weighted by Gasteiger charge is -2.29. The van der Waals surface area contributed by atoms with Crippen molar-refractivity contribution in [2.24, 2.45) is 11.8 Å². The average molecular weight is 407 g/mol. The molecule has 0 bridgehead atoms. The van der Waals surface area contributed by atoms with Crippen molar-refractivity contribution < 1.29 is 14.4 Å². The van der Waals surface area contributed by atoms with E-state index in [1.807, 2.05) is 36.6 Å². The second-order valence-corrected chi connectivity index (χ2v) is 8.68. The molecular formula is C22H21N3O3S. The van der Waals surface area contributed by atoms with Crippen LogP contribution < -0.4 is 15.5 Å². The Labute approximate surface area is 173 Å². The zero-order chi connectivity index (χ0) is 20.2. The number of carbonyl (C=O) groups is 3. The molecule has 2 saturated heterocycles. The Hall–Kier alpha value is -2.64. The molecule has 0 radical (unpaired) electrons. The Kier molecular flexibility index (Phi) is 4.26. The Balaban J connectivity index is 1.65. The third kappa shape index (κ3) is 2.44. The molecule has 3 aliphatic heterocycles.